The van der Waals surface area contributed by atoms with E-state index in [4.69, 9.17) is 11.6 Å². The van der Waals surface area contributed by atoms with Crippen molar-refractivity contribution in [1.82, 2.24) is 0 Å². The number of hydrogen-bond acceptors (Lipinski definition) is 4. The Labute approximate surface area is 176 Å². The maximum Gasteiger partial charge on any atom is 0.179 e. The number of benzene rings is 1. The van der Waals surface area contributed by atoms with Gasteiger partial charge in [0.15, 0.2) is 19.7 Å². The summed E-state index contributed by atoms with van der Waals surface area (Å²) in [6.07, 6.45) is 15.1. The number of hydrogen-bond donors (Lipinski definition) is 0. The van der Waals surface area contributed by atoms with Gasteiger partial charge in [0.05, 0.1) is 20.6 Å². The second-order valence-electron chi connectivity index (χ2n) is 7.57. The van der Waals surface area contributed by atoms with Crippen molar-refractivity contribution in [3.05, 3.63) is 23.2 Å². The third-order valence-corrected chi connectivity index (χ3v) is 8.32. The molecule has 0 N–H and O–H groups in total. The summed E-state index contributed by atoms with van der Waals surface area (Å²) in [4.78, 5) is -0.106. The van der Waals surface area contributed by atoms with E-state index in [2.05, 4.69) is 6.92 Å². The van der Waals surface area contributed by atoms with E-state index in [0.29, 0.717) is 6.42 Å². The van der Waals surface area contributed by atoms with Gasteiger partial charge in [-0.2, -0.15) is 0 Å². The number of sulfone groups is 2. The average molecular weight is 451 g/mol. The maximum atomic E-state index is 12.5. The molecule has 0 spiro atoms. The molecule has 0 bridgehead atoms. The van der Waals surface area contributed by atoms with Crippen molar-refractivity contribution in [2.45, 2.75) is 93.8 Å². The number of rotatable bonds is 15. The molecule has 1 rings (SSSR count). The van der Waals surface area contributed by atoms with Crippen LogP contribution in [0.5, 0.6) is 0 Å². The van der Waals surface area contributed by atoms with Crippen LogP contribution in [0, 0.1) is 0 Å². The molecule has 28 heavy (non-hydrogen) atoms. The fourth-order valence-corrected chi connectivity index (χ4v) is 5.86. The van der Waals surface area contributed by atoms with Gasteiger partial charge >= 0.3 is 0 Å². The van der Waals surface area contributed by atoms with Gasteiger partial charge in [0.25, 0.3) is 0 Å². The summed E-state index contributed by atoms with van der Waals surface area (Å²) in [7, 11) is -7.06. The summed E-state index contributed by atoms with van der Waals surface area (Å²) in [6.45, 7) is 2.23. The molecule has 0 saturated carbocycles. The normalized spacial score (nSPS) is 12.4. The minimum atomic E-state index is -3.58. The van der Waals surface area contributed by atoms with Gasteiger partial charge in [-0.05, 0) is 24.6 Å². The Balaban J connectivity index is 2.30. The number of unbranched alkanes of at least 4 members (excludes halogenated alkanes) is 11. The first kappa shape index (κ1) is 25.4. The quantitative estimate of drug-likeness (QED) is 0.297. The van der Waals surface area contributed by atoms with E-state index in [0.717, 1.165) is 25.5 Å². The Bertz CT molecular complexity index is 787. The molecule has 0 unspecified atom stereocenters. The fraction of sp³-hybridized carbons (Fsp3) is 0.714. The van der Waals surface area contributed by atoms with Crippen molar-refractivity contribution in [1.29, 1.82) is 0 Å². The molecule has 7 heteroatoms. The van der Waals surface area contributed by atoms with Crippen LogP contribution in [0.4, 0.5) is 0 Å². The summed E-state index contributed by atoms with van der Waals surface area (Å²) in [6, 6.07) is 3.85. The second-order valence-corrected chi connectivity index (χ2v) is 12.1. The molecule has 0 atom stereocenters. The standard InChI is InChI=1S/C21H35ClO4S2/c1-3-4-5-6-7-8-9-10-11-12-13-14-17-28(25,26)21-18-19(27(2,23)24)15-16-20(21)22/h15-16,18H,3-14,17H2,1-2H3. The number of halogens is 1. The molecule has 0 heterocycles. The molecule has 0 aliphatic carbocycles. The zero-order valence-electron chi connectivity index (χ0n) is 17.3. The lowest BCUT2D eigenvalue weighted by atomic mass is 10.1. The summed E-state index contributed by atoms with van der Waals surface area (Å²) in [5.41, 5.74) is 0. The van der Waals surface area contributed by atoms with Crippen LogP contribution in [0.2, 0.25) is 5.02 Å². The summed E-state index contributed by atoms with van der Waals surface area (Å²) in [5, 5.41) is 0.0753. The topological polar surface area (TPSA) is 68.3 Å². The third-order valence-electron chi connectivity index (χ3n) is 4.93. The van der Waals surface area contributed by atoms with Gasteiger partial charge < -0.3 is 0 Å². The minimum absolute atomic E-state index is 0.00262. The molecule has 0 aliphatic rings. The predicted octanol–water partition coefficient (Wildman–Crippen LogP) is 6.22. The first-order valence-electron chi connectivity index (χ1n) is 10.4. The monoisotopic (exact) mass is 450 g/mol. The SMILES string of the molecule is CCCCCCCCCCCCCCS(=O)(=O)c1cc(S(C)(=O)=O)ccc1Cl. The summed E-state index contributed by atoms with van der Waals surface area (Å²) >= 11 is 6.01. The molecule has 4 nitrogen and oxygen atoms in total. The van der Waals surface area contributed by atoms with E-state index in [1.54, 1.807) is 0 Å². The van der Waals surface area contributed by atoms with Crippen LogP contribution in [0.3, 0.4) is 0 Å². The van der Waals surface area contributed by atoms with Crippen LogP contribution >= 0.6 is 11.6 Å². The highest BCUT2D eigenvalue weighted by molar-refractivity contribution is 7.92. The molecule has 0 radical (unpaired) electrons. The molecule has 162 valence electrons. The van der Waals surface area contributed by atoms with Gasteiger partial charge in [0, 0.05) is 6.26 Å². The third kappa shape index (κ3) is 9.75. The van der Waals surface area contributed by atoms with Crippen LogP contribution in [0.1, 0.15) is 84.0 Å². The molecule has 0 saturated heterocycles. The Morgan fingerprint density at radius 2 is 1.21 bits per heavy atom. The van der Waals surface area contributed by atoms with E-state index in [9.17, 15) is 16.8 Å². The molecule has 1 aromatic carbocycles. The van der Waals surface area contributed by atoms with Crippen LogP contribution in [-0.4, -0.2) is 28.8 Å². The lowest BCUT2D eigenvalue weighted by molar-refractivity contribution is 0.546. The summed E-state index contributed by atoms with van der Waals surface area (Å²) < 4.78 is 48.4. The molecule has 1 aromatic rings. The molecule has 0 aromatic heterocycles. The van der Waals surface area contributed by atoms with Crippen molar-refractivity contribution in [3.63, 3.8) is 0 Å². The molecule has 0 fully saturated rings. The van der Waals surface area contributed by atoms with Crippen molar-refractivity contribution < 1.29 is 16.8 Å². The minimum Gasteiger partial charge on any atom is -0.224 e. The highest BCUT2D eigenvalue weighted by atomic mass is 35.5. The fourth-order valence-electron chi connectivity index (χ4n) is 3.20. The van der Waals surface area contributed by atoms with Gasteiger partial charge in [-0.15, -0.1) is 0 Å². The van der Waals surface area contributed by atoms with Gasteiger partial charge in [0.2, 0.25) is 0 Å². The van der Waals surface area contributed by atoms with Crippen molar-refractivity contribution in [3.8, 4) is 0 Å². The van der Waals surface area contributed by atoms with Crippen LogP contribution in [0.15, 0.2) is 28.0 Å². The van der Waals surface area contributed by atoms with Crippen LogP contribution < -0.4 is 0 Å². The van der Waals surface area contributed by atoms with Gasteiger partial charge in [-0.25, -0.2) is 16.8 Å². The zero-order valence-corrected chi connectivity index (χ0v) is 19.6. The van der Waals surface area contributed by atoms with Crippen LogP contribution in [-0.2, 0) is 19.7 Å². The van der Waals surface area contributed by atoms with E-state index >= 15 is 0 Å². The Morgan fingerprint density at radius 1 is 0.750 bits per heavy atom. The Morgan fingerprint density at radius 3 is 1.68 bits per heavy atom. The lowest BCUT2D eigenvalue weighted by Crippen LogP contribution is -2.09. The predicted molar refractivity (Wildman–Crippen MR) is 118 cm³/mol. The smallest absolute Gasteiger partial charge is 0.179 e. The Hall–Kier alpha value is -0.590. The first-order valence-corrected chi connectivity index (χ1v) is 14.3. The highest BCUT2D eigenvalue weighted by Gasteiger charge is 2.20. The lowest BCUT2D eigenvalue weighted by Gasteiger charge is -2.08. The largest absolute Gasteiger partial charge is 0.224 e. The molecular formula is C21H35ClO4S2. The van der Waals surface area contributed by atoms with E-state index < -0.39 is 19.7 Å². The van der Waals surface area contributed by atoms with E-state index in [-0.39, 0.29) is 20.6 Å². The van der Waals surface area contributed by atoms with Gasteiger partial charge in [-0.3, -0.25) is 0 Å². The van der Waals surface area contributed by atoms with E-state index in [1.807, 2.05) is 0 Å². The maximum absolute atomic E-state index is 12.5. The molecule has 0 aliphatic heterocycles. The summed E-state index contributed by atoms with van der Waals surface area (Å²) in [5.74, 6) is -0.00262. The first-order chi connectivity index (χ1) is 13.2. The second kappa shape index (κ2) is 12.9. The molecular weight excluding hydrogens is 416 g/mol. The van der Waals surface area contributed by atoms with Gasteiger partial charge in [-0.1, -0.05) is 89.2 Å². The highest BCUT2D eigenvalue weighted by Crippen LogP contribution is 2.26. The van der Waals surface area contributed by atoms with Crippen molar-refractivity contribution >= 4 is 31.3 Å². The molecule has 0 amide bonds. The van der Waals surface area contributed by atoms with E-state index in [1.165, 1.54) is 69.6 Å². The Kier molecular flexibility index (Phi) is 11.7. The van der Waals surface area contributed by atoms with Crippen molar-refractivity contribution in [2.24, 2.45) is 0 Å². The van der Waals surface area contributed by atoms with Crippen LogP contribution in [0.25, 0.3) is 0 Å². The van der Waals surface area contributed by atoms with Gasteiger partial charge in [0.1, 0.15) is 0 Å². The zero-order chi connectivity index (χ0) is 21.0. The average Bonchev–Trinajstić information content (AvgIpc) is 2.61. The van der Waals surface area contributed by atoms with Crippen molar-refractivity contribution in [2.75, 3.05) is 12.0 Å².